The van der Waals surface area contributed by atoms with E-state index in [1.807, 2.05) is 0 Å². The molecule has 0 spiro atoms. The van der Waals surface area contributed by atoms with Gasteiger partial charge in [0.25, 0.3) is 0 Å². The maximum Gasteiger partial charge on any atom is 0.0949 e. The number of halogens is 1. The average Bonchev–Trinajstić information content (AvgIpc) is 3.12. The van der Waals surface area contributed by atoms with Crippen LogP contribution in [0, 0.1) is 5.92 Å². The lowest BCUT2D eigenvalue weighted by molar-refractivity contribution is 0.0440. The minimum absolute atomic E-state index is 0.158. The Balaban J connectivity index is 1.96. The highest BCUT2D eigenvalue weighted by Gasteiger charge is 2.23. The van der Waals surface area contributed by atoms with Crippen LogP contribution in [0.1, 0.15) is 38.4 Å². The average molecular weight is 312 g/mol. The van der Waals surface area contributed by atoms with E-state index >= 15 is 0 Å². The van der Waals surface area contributed by atoms with E-state index in [-0.39, 0.29) is 6.10 Å². The van der Waals surface area contributed by atoms with Gasteiger partial charge in [-0.05, 0) is 36.5 Å². The lowest BCUT2D eigenvalue weighted by Gasteiger charge is -2.20. The van der Waals surface area contributed by atoms with Gasteiger partial charge < -0.3 is 10.1 Å². The van der Waals surface area contributed by atoms with Crippen LogP contribution < -0.4 is 5.32 Å². The third-order valence-electron chi connectivity index (χ3n) is 3.16. The zero-order valence-corrected chi connectivity index (χ0v) is 12.7. The van der Waals surface area contributed by atoms with Crippen LogP contribution in [0.25, 0.3) is 0 Å². The molecule has 0 radical (unpaired) electrons. The molecule has 3 heteroatoms. The molecule has 0 aliphatic heterocycles. The first kappa shape index (κ1) is 14.0. The Morgan fingerprint density at radius 2 is 2.17 bits per heavy atom. The molecular formula is C15H22BrNO. The normalized spacial score (nSPS) is 17.1. The largest absolute Gasteiger partial charge is 0.372 e. The highest BCUT2D eigenvalue weighted by atomic mass is 79.9. The van der Waals surface area contributed by atoms with Gasteiger partial charge in [-0.3, -0.25) is 0 Å². The van der Waals surface area contributed by atoms with Crippen LogP contribution in [0.3, 0.4) is 0 Å². The van der Waals surface area contributed by atoms with Gasteiger partial charge in [0, 0.05) is 17.1 Å². The second-order valence-electron chi connectivity index (χ2n) is 5.38. The van der Waals surface area contributed by atoms with Crippen LogP contribution >= 0.6 is 15.9 Å². The van der Waals surface area contributed by atoms with Crippen molar-refractivity contribution in [2.24, 2.45) is 5.92 Å². The zero-order chi connectivity index (χ0) is 13.0. The topological polar surface area (TPSA) is 21.3 Å². The van der Waals surface area contributed by atoms with Gasteiger partial charge in [-0.25, -0.2) is 0 Å². The van der Waals surface area contributed by atoms with Crippen LogP contribution in [-0.4, -0.2) is 19.2 Å². The summed E-state index contributed by atoms with van der Waals surface area (Å²) in [5.41, 5.74) is 1.25. The summed E-state index contributed by atoms with van der Waals surface area (Å²) in [6, 6.07) is 8.91. The Labute approximate surface area is 118 Å². The summed E-state index contributed by atoms with van der Waals surface area (Å²) in [5.74, 6) is 0.804. The van der Waals surface area contributed by atoms with Crippen LogP contribution in [0.15, 0.2) is 28.7 Å². The van der Waals surface area contributed by atoms with E-state index in [0.29, 0.717) is 6.04 Å². The summed E-state index contributed by atoms with van der Waals surface area (Å²) in [6.07, 6.45) is 2.83. The number of benzene rings is 1. The Morgan fingerprint density at radius 3 is 2.78 bits per heavy atom. The molecule has 1 aromatic rings. The summed E-state index contributed by atoms with van der Waals surface area (Å²) < 4.78 is 7.19. The molecule has 2 rings (SSSR count). The van der Waals surface area contributed by atoms with Crippen LogP contribution in [0.5, 0.6) is 0 Å². The quantitative estimate of drug-likeness (QED) is 0.824. The van der Waals surface area contributed by atoms with Gasteiger partial charge >= 0.3 is 0 Å². The van der Waals surface area contributed by atoms with Gasteiger partial charge in [-0.2, -0.15) is 0 Å². The fraction of sp³-hybridized carbons (Fsp3) is 0.600. The molecule has 0 aromatic heterocycles. The van der Waals surface area contributed by atoms with Gasteiger partial charge in [0.1, 0.15) is 0 Å². The van der Waals surface area contributed by atoms with E-state index in [0.717, 1.165) is 23.5 Å². The molecule has 1 unspecified atom stereocenters. The molecule has 1 aliphatic rings. The van der Waals surface area contributed by atoms with Gasteiger partial charge in [-0.15, -0.1) is 0 Å². The first-order valence-corrected chi connectivity index (χ1v) is 7.55. The molecule has 1 saturated carbocycles. The van der Waals surface area contributed by atoms with Crippen molar-refractivity contribution < 1.29 is 4.74 Å². The van der Waals surface area contributed by atoms with E-state index in [4.69, 9.17) is 4.74 Å². The molecule has 1 aromatic carbocycles. The second kappa shape index (κ2) is 6.69. The van der Waals surface area contributed by atoms with Gasteiger partial charge in [0.15, 0.2) is 0 Å². The molecule has 100 valence electrons. The molecule has 1 aliphatic carbocycles. The first-order chi connectivity index (χ1) is 8.65. The predicted molar refractivity (Wildman–Crippen MR) is 78.7 cm³/mol. The van der Waals surface area contributed by atoms with Crippen molar-refractivity contribution >= 4 is 15.9 Å². The summed E-state index contributed by atoms with van der Waals surface area (Å²) in [7, 11) is 0. The summed E-state index contributed by atoms with van der Waals surface area (Å²) in [4.78, 5) is 0. The predicted octanol–water partition coefficient (Wildman–Crippen LogP) is 3.91. The fourth-order valence-electron chi connectivity index (χ4n) is 1.86. The molecule has 0 amide bonds. The van der Waals surface area contributed by atoms with Crippen molar-refractivity contribution in [3.8, 4) is 0 Å². The molecule has 0 bridgehead atoms. The van der Waals surface area contributed by atoms with Crippen LogP contribution in [0.4, 0.5) is 0 Å². The summed E-state index contributed by atoms with van der Waals surface area (Å²) in [6.45, 7) is 6.11. The Bertz CT molecular complexity index is 371. The molecule has 1 atom stereocenters. The molecule has 18 heavy (non-hydrogen) atoms. The molecule has 0 saturated heterocycles. The molecule has 1 fully saturated rings. The van der Waals surface area contributed by atoms with Gasteiger partial charge in [-0.1, -0.05) is 41.9 Å². The number of rotatable bonds is 7. The van der Waals surface area contributed by atoms with Crippen LogP contribution in [-0.2, 0) is 4.74 Å². The Kier molecular flexibility index (Phi) is 5.22. The fourth-order valence-corrected chi connectivity index (χ4v) is 2.28. The van der Waals surface area contributed by atoms with Gasteiger partial charge in [0.05, 0.1) is 12.7 Å². The van der Waals surface area contributed by atoms with E-state index in [1.165, 1.54) is 18.4 Å². The van der Waals surface area contributed by atoms with Crippen molar-refractivity contribution in [2.45, 2.75) is 38.8 Å². The number of hydrogen-bond donors (Lipinski definition) is 1. The van der Waals surface area contributed by atoms with E-state index in [2.05, 4.69) is 59.4 Å². The molecule has 2 nitrogen and oxygen atoms in total. The maximum absolute atomic E-state index is 6.07. The van der Waals surface area contributed by atoms with Crippen molar-refractivity contribution in [1.82, 2.24) is 5.32 Å². The second-order valence-corrected chi connectivity index (χ2v) is 6.30. The minimum Gasteiger partial charge on any atom is -0.372 e. The maximum atomic E-state index is 6.07. The zero-order valence-electron chi connectivity index (χ0n) is 11.2. The van der Waals surface area contributed by atoms with E-state index < -0.39 is 0 Å². The summed E-state index contributed by atoms with van der Waals surface area (Å²) in [5, 5.41) is 3.47. The monoisotopic (exact) mass is 311 g/mol. The molecule has 0 heterocycles. The van der Waals surface area contributed by atoms with Crippen molar-refractivity contribution in [3.05, 3.63) is 34.3 Å². The lowest BCUT2D eigenvalue weighted by Crippen LogP contribution is -2.29. The lowest BCUT2D eigenvalue weighted by atomic mass is 10.1. The van der Waals surface area contributed by atoms with Gasteiger partial charge in [0.2, 0.25) is 0 Å². The van der Waals surface area contributed by atoms with Crippen molar-refractivity contribution in [1.29, 1.82) is 0 Å². The Morgan fingerprint density at radius 1 is 1.39 bits per heavy atom. The smallest absolute Gasteiger partial charge is 0.0949 e. The molecule has 1 N–H and O–H groups in total. The number of nitrogens with one attached hydrogen (secondary N) is 1. The third kappa shape index (κ3) is 4.71. The van der Waals surface area contributed by atoms with E-state index in [9.17, 15) is 0 Å². The standard InChI is InChI=1S/C15H22BrNO/c1-11(2)17-9-15(18-10-12-6-7-12)13-4-3-5-14(16)8-13/h3-5,8,11-12,15,17H,6-7,9-10H2,1-2H3. The van der Waals surface area contributed by atoms with Crippen LogP contribution in [0.2, 0.25) is 0 Å². The number of ether oxygens (including phenoxy) is 1. The van der Waals surface area contributed by atoms with Crippen molar-refractivity contribution in [3.63, 3.8) is 0 Å². The third-order valence-corrected chi connectivity index (χ3v) is 3.66. The SMILES string of the molecule is CC(C)NCC(OCC1CC1)c1cccc(Br)c1. The highest BCUT2D eigenvalue weighted by Crippen LogP contribution is 2.31. The number of hydrogen-bond acceptors (Lipinski definition) is 2. The minimum atomic E-state index is 0.158. The van der Waals surface area contributed by atoms with Crippen molar-refractivity contribution in [2.75, 3.05) is 13.2 Å². The highest BCUT2D eigenvalue weighted by molar-refractivity contribution is 9.10. The van der Waals surface area contributed by atoms with E-state index in [1.54, 1.807) is 0 Å². The molecular weight excluding hydrogens is 290 g/mol. The summed E-state index contributed by atoms with van der Waals surface area (Å²) >= 11 is 3.53. The first-order valence-electron chi connectivity index (χ1n) is 6.75. The Hall–Kier alpha value is -0.380.